The van der Waals surface area contributed by atoms with Crippen molar-refractivity contribution >= 4 is 10.8 Å². The molecule has 1 heterocycles. The molecule has 1 aromatic heterocycles. The van der Waals surface area contributed by atoms with Crippen LogP contribution in [0.3, 0.4) is 0 Å². The number of hydrogen-bond donors (Lipinski definition) is 1. The molecule has 152 valence electrons. The quantitative estimate of drug-likeness (QED) is 0.498. The van der Waals surface area contributed by atoms with Gasteiger partial charge in [-0.3, -0.25) is 9.36 Å². The minimum absolute atomic E-state index is 0.0935. The van der Waals surface area contributed by atoms with Crippen molar-refractivity contribution in [1.29, 1.82) is 0 Å². The minimum Gasteiger partial charge on any atom is -0.421 e. The molecule has 0 saturated heterocycles. The Morgan fingerprint density at radius 3 is 2.33 bits per heavy atom. The van der Waals surface area contributed by atoms with E-state index in [1.54, 1.807) is 0 Å². The molecule has 0 fully saturated rings. The Bertz CT molecular complexity index is 1310. The Morgan fingerprint density at radius 2 is 1.60 bits per heavy atom. The molecule has 1 N–H and O–H groups in total. The fourth-order valence-electron chi connectivity index (χ4n) is 3.62. The summed E-state index contributed by atoms with van der Waals surface area (Å²) in [7, 11) is 0. The summed E-state index contributed by atoms with van der Waals surface area (Å²) in [6, 6.07) is 23.2. The van der Waals surface area contributed by atoms with Crippen molar-refractivity contribution in [1.82, 2.24) is 9.30 Å². The van der Waals surface area contributed by atoms with Gasteiger partial charge in [-0.05, 0) is 34.4 Å². The zero-order valence-corrected chi connectivity index (χ0v) is 16.6. The Morgan fingerprint density at radius 1 is 0.900 bits per heavy atom. The molecule has 0 spiro atoms. The van der Waals surface area contributed by atoms with Gasteiger partial charge in [0.1, 0.15) is 6.73 Å². The van der Waals surface area contributed by atoms with E-state index in [4.69, 9.17) is 4.74 Å². The average molecular weight is 402 g/mol. The van der Waals surface area contributed by atoms with Crippen LogP contribution in [-0.4, -0.2) is 14.5 Å². The van der Waals surface area contributed by atoms with Gasteiger partial charge in [0, 0.05) is 5.56 Å². The van der Waals surface area contributed by atoms with Crippen LogP contribution in [0.15, 0.2) is 82.4 Å². The summed E-state index contributed by atoms with van der Waals surface area (Å²) in [6.45, 7) is 2.03. The third-order valence-corrected chi connectivity index (χ3v) is 5.13. The summed E-state index contributed by atoms with van der Waals surface area (Å²) in [6.07, 6.45) is 0.362. The third-order valence-electron chi connectivity index (χ3n) is 5.13. The van der Waals surface area contributed by atoms with Crippen LogP contribution in [0.25, 0.3) is 22.0 Å². The van der Waals surface area contributed by atoms with E-state index in [0.717, 1.165) is 21.9 Å². The second kappa shape index (κ2) is 8.39. The van der Waals surface area contributed by atoms with Crippen molar-refractivity contribution in [2.45, 2.75) is 26.7 Å². The highest BCUT2D eigenvalue weighted by atomic mass is 16.5. The van der Waals surface area contributed by atoms with Gasteiger partial charge in [-0.2, -0.15) is 0 Å². The van der Waals surface area contributed by atoms with E-state index < -0.39 is 11.2 Å². The van der Waals surface area contributed by atoms with E-state index in [0.29, 0.717) is 24.3 Å². The molecule has 6 nitrogen and oxygen atoms in total. The molecule has 4 rings (SSSR count). The fourth-order valence-corrected chi connectivity index (χ4v) is 3.62. The summed E-state index contributed by atoms with van der Waals surface area (Å²) in [5, 5.41) is 12.1. The first-order valence-electron chi connectivity index (χ1n) is 9.79. The van der Waals surface area contributed by atoms with Gasteiger partial charge in [0.15, 0.2) is 0 Å². The number of fused-ring (bicyclic) bond motifs is 1. The second-order valence-corrected chi connectivity index (χ2v) is 7.03. The van der Waals surface area contributed by atoms with Crippen molar-refractivity contribution in [2.24, 2.45) is 0 Å². The summed E-state index contributed by atoms with van der Waals surface area (Å²) >= 11 is 0. The molecular weight excluding hydrogens is 380 g/mol. The molecule has 30 heavy (non-hydrogen) atoms. The normalized spacial score (nSPS) is 11.1. The lowest BCUT2D eigenvalue weighted by Crippen LogP contribution is -2.42. The van der Waals surface area contributed by atoms with E-state index >= 15 is 0 Å². The van der Waals surface area contributed by atoms with Crippen molar-refractivity contribution < 1.29 is 9.94 Å². The molecule has 0 bridgehead atoms. The van der Waals surface area contributed by atoms with Crippen LogP contribution in [0, 0.1) is 0 Å². The van der Waals surface area contributed by atoms with Crippen molar-refractivity contribution in [3.8, 4) is 11.3 Å². The minimum atomic E-state index is -0.826. The maximum absolute atomic E-state index is 12.8. The average Bonchev–Trinajstić information content (AvgIpc) is 2.79. The number of rotatable bonds is 6. The lowest BCUT2D eigenvalue weighted by atomic mass is 10.0. The third kappa shape index (κ3) is 3.65. The van der Waals surface area contributed by atoms with Crippen molar-refractivity contribution in [2.75, 3.05) is 0 Å². The molecule has 6 heteroatoms. The van der Waals surface area contributed by atoms with Gasteiger partial charge < -0.3 is 9.94 Å². The molecule has 0 atom stereocenters. The molecular formula is C24H22N2O4. The topological polar surface area (TPSA) is 73.5 Å². The smallest absolute Gasteiger partial charge is 0.366 e. The van der Waals surface area contributed by atoms with Crippen LogP contribution in [-0.2, 0) is 24.5 Å². The molecule has 0 aliphatic carbocycles. The van der Waals surface area contributed by atoms with Crippen LogP contribution in [0.5, 0.6) is 0 Å². The number of aromatic nitrogens is 2. The number of benzene rings is 3. The van der Waals surface area contributed by atoms with Gasteiger partial charge in [-0.25, -0.2) is 4.79 Å². The van der Waals surface area contributed by atoms with Crippen LogP contribution in [0.2, 0.25) is 0 Å². The van der Waals surface area contributed by atoms with Gasteiger partial charge in [0.05, 0.1) is 12.3 Å². The van der Waals surface area contributed by atoms with Crippen LogP contribution in [0.1, 0.15) is 18.1 Å². The Balaban J connectivity index is 1.82. The Kier molecular flexibility index (Phi) is 5.50. The maximum atomic E-state index is 12.8. The molecule has 0 aliphatic heterocycles. The zero-order chi connectivity index (χ0) is 21.1. The first-order valence-corrected chi connectivity index (χ1v) is 9.79. The number of nitrogens with zero attached hydrogens (tertiary/aromatic N) is 2. The zero-order valence-electron chi connectivity index (χ0n) is 16.6. The maximum Gasteiger partial charge on any atom is 0.366 e. The van der Waals surface area contributed by atoms with Gasteiger partial charge in [0.25, 0.3) is 5.56 Å². The van der Waals surface area contributed by atoms with Crippen LogP contribution < -0.4 is 11.2 Å². The molecule has 0 aliphatic rings. The van der Waals surface area contributed by atoms with Gasteiger partial charge in [-0.1, -0.05) is 78.4 Å². The van der Waals surface area contributed by atoms with Gasteiger partial charge in [-0.15, -0.1) is 0 Å². The van der Waals surface area contributed by atoms with E-state index in [1.165, 1.54) is 4.57 Å². The van der Waals surface area contributed by atoms with E-state index in [1.807, 2.05) is 79.7 Å². The van der Waals surface area contributed by atoms with Crippen molar-refractivity contribution in [3.05, 3.63) is 105 Å². The number of ether oxygens (including phenoxy) is 1. The summed E-state index contributed by atoms with van der Waals surface area (Å²) in [5.41, 5.74) is 0.986. The predicted octanol–water partition coefficient (Wildman–Crippen LogP) is 3.80. The monoisotopic (exact) mass is 402 g/mol. The highest BCUT2D eigenvalue weighted by molar-refractivity contribution is 5.87. The SMILES string of the molecule is CCc1c(-c2ccc3ccccc3c2)n(COCc2ccccc2)c(=O)n(O)c1=O. The van der Waals surface area contributed by atoms with E-state index in [2.05, 4.69) is 0 Å². The summed E-state index contributed by atoms with van der Waals surface area (Å²) in [4.78, 5) is 25.3. The first-order chi connectivity index (χ1) is 14.6. The van der Waals surface area contributed by atoms with Gasteiger partial charge >= 0.3 is 5.69 Å². The highest BCUT2D eigenvalue weighted by Gasteiger charge is 2.19. The van der Waals surface area contributed by atoms with E-state index in [-0.39, 0.29) is 11.5 Å². The largest absolute Gasteiger partial charge is 0.421 e. The van der Waals surface area contributed by atoms with Crippen molar-refractivity contribution in [3.63, 3.8) is 0 Å². The van der Waals surface area contributed by atoms with E-state index in [9.17, 15) is 14.8 Å². The summed E-state index contributed by atoms with van der Waals surface area (Å²) in [5.74, 6) is 0. The molecule has 0 saturated carbocycles. The Labute approximate surface area is 173 Å². The Hall–Kier alpha value is -3.64. The van der Waals surface area contributed by atoms with Crippen LogP contribution in [0.4, 0.5) is 0 Å². The molecule has 0 unspecified atom stereocenters. The lowest BCUT2D eigenvalue weighted by molar-refractivity contribution is 0.0532. The number of hydrogen-bond acceptors (Lipinski definition) is 4. The second-order valence-electron chi connectivity index (χ2n) is 7.03. The molecule has 4 aromatic rings. The molecule has 0 amide bonds. The fraction of sp³-hybridized carbons (Fsp3) is 0.167. The summed E-state index contributed by atoms with van der Waals surface area (Å²) < 4.78 is 7.24. The molecule has 0 radical (unpaired) electrons. The highest BCUT2D eigenvalue weighted by Crippen LogP contribution is 2.26. The standard InChI is InChI=1S/C24H22N2O4/c1-2-21-22(20-13-12-18-10-6-7-11-19(18)14-20)25(24(28)26(29)23(21)27)16-30-15-17-8-4-3-5-9-17/h3-14,29H,2,15-16H2,1H3. The lowest BCUT2D eigenvalue weighted by Gasteiger charge is -2.18. The van der Waals surface area contributed by atoms with Crippen LogP contribution >= 0.6 is 0 Å². The predicted molar refractivity (Wildman–Crippen MR) is 116 cm³/mol. The van der Waals surface area contributed by atoms with Gasteiger partial charge in [0.2, 0.25) is 0 Å². The molecule has 3 aromatic carbocycles. The first kappa shape index (κ1) is 19.7.